The van der Waals surface area contributed by atoms with Gasteiger partial charge in [0.15, 0.2) is 0 Å². The summed E-state index contributed by atoms with van der Waals surface area (Å²) >= 11 is 0. The van der Waals surface area contributed by atoms with Crippen molar-refractivity contribution in [3.63, 3.8) is 0 Å². The average Bonchev–Trinajstić information content (AvgIpc) is 3.06. The molecule has 0 aliphatic carbocycles. The quantitative estimate of drug-likeness (QED) is 0.643. The van der Waals surface area contributed by atoms with Crippen LogP contribution in [-0.4, -0.2) is 33.7 Å². The average molecular weight is 328 g/mol. The number of amides is 2. The highest BCUT2D eigenvalue weighted by Gasteiger charge is 2.47. The van der Waals surface area contributed by atoms with E-state index in [1.165, 1.54) is 6.92 Å². The van der Waals surface area contributed by atoms with Crippen LogP contribution in [0.4, 0.5) is 5.69 Å². The van der Waals surface area contributed by atoms with Crippen LogP contribution in [0.5, 0.6) is 5.75 Å². The fourth-order valence-electron chi connectivity index (χ4n) is 2.53. The number of nitrogens with one attached hydrogen (secondary N) is 2. The van der Waals surface area contributed by atoms with Gasteiger partial charge in [0.1, 0.15) is 5.75 Å². The van der Waals surface area contributed by atoms with E-state index in [-0.39, 0.29) is 0 Å². The zero-order valence-corrected chi connectivity index (χ0v) is 13.7. The normalized spacial score (nSPS) is 19.2. The lowest BCUT2D eigenvalue weighted by Crippen LogP contribution is -2.58. The Morgan fingerprint density at radius 3 is 3.04 bits per heavy atom. The lowest BCUT2D eigenvalue weighted by Gasteiger charge is -2.33. The molecule has 1 aromatic heterocycles. The first-order valence-electron chi connectivity index (χ1n) is 7.86. The minimum Gasteiger partial charge on any atom is -0.466 e. The molecule has 7 heteroatoms. The summed E-state index contributed by atoms with van der Waals surface area (Å²) in [6.07, 6.45) is 4.28. The standard InChI is InChI=1S/C17H20N4O3/c1-12-5-6-14-13(11-12)20-16(23)17(2,24-14)15(22)18-7-3-9-21-10-4-8-19-21/h4-6,8,10-11H,3,7,9H2,1-2H3,(H,18,22)(H,20,23). The Morgan fingerprint density at radius 2 is 2.29 bits per heavy atom. The molecule has 1 aliphatic heterocycles. The van der Waals surface area contributed by atoms with Crippen molar-refractivity contribution in [1.82, 2.24) is 15.1 Å². The molecule has 1 aromatic carbocycles. The van der Waals surface area contributed by atoms with Crippen molar-refractivity contribution >= 4 is 17.5 Å². The van der Waals surface area contributed by atoms with Gasteiger partial charge in [-0.2, -0.15) is 5.10 Å². The number of anilines is 1. The van der Waals surface area contributed by atoms with Crippen molar-refractivity contribution in [1.29, 1.82) is 0 Å². The zero-order chi connectivity index (χ0) is 17.2. The second-order valence-corrected chi connectivity index (χ2v) is 5.97. The van der Waals surface area contributed by atoms with Crippen molar-refractivity contribution < 1.29 is 14.3 Å². The highest BCUT2D eigenvalue weighted by Crippen LogP contribution is 2.34. The summed E-state index contributed by atoms with van der Waals surface area (Å²) < 4.78 is 7.50. The summed E-state index contributed by atoms with van der Waals surface area (Å²) in [5, 5.41) is 9.60. The van der Waals surface area contributed by atoms with Crippen molar-refractivity contribution in [2.24, 2.45) is 0 Å². The molecule has 2 N–H and O–H groups in total. The Morgan fingerprint density at radius 1 is 1.46 bits per heavy atom. The van der Waals surface area contributed by atoms with E-state index in [0.717, 1.165) is 5.56 Å². The molecule has 2 heterocycles. The molecule has 1 unspecified atom stereocenters. The Kier molecular flexibility index (Phi) is 4.24. The van der Waals surface area contributed by atoms with Crippen LogP contribution in [0.1, 0.15) is 18.9 Å². The van der Waals surface area contributed by atoms with E-state index in [1.54, 1.807) is 16.9 Å². The molecule has 0 spiro atoms. The van der Waals surface area contributed by atoms with Crippen LogP contribution in [0.3, 0.4) is 0 Å². The smallest absolute Gasteiger partial charge is 0.278 e. The molecule has 0 saturated heterocycles. The number of aromatic nitrogens is 2. The predicted molar refractivity (Wildman–Crippen MR) is 88.7 cm³/mol. The van der Waals surface area contributed by atoms with E-state index in [4.69, 9.17) is 4.74 Å². The molecule has 1 atom stereocenters. The highest BCUT2D eigenvalue weighted by molar-refractivity contribution is 6.15. The van der Waals surface area contributed by atoms with Gasteiger partial charge in [-0.05, 0) is 44.0 Å². The molecule has 1 aliphatic rings. The van der Waals surface area contributed by atoms with Crippen LogP contribution in [-0.2, 0) is 16.1 Å². The minimum absolute atomic E-state index is 0.436. The number of aryl methyl sites for hydroxylation is 2. The molecule has 126 valence electrons. The molecule has 0 fully saturated rings. The van der Waals surface area contributed by atoms with Gasteiger partial charge in [-0.1, -0.05) is 6.07 Å². The number of benzene rings is 1. The molecule has 2 amide bonds. The third-order valence-corrected chi connectivity index (χ3v) is 3.97. The Balaban J connectivity index is 1.61. The zero-order valence-electron chi connectivity index (χ0n) is 13.7. The van der Waals surface area contributed by atoms with Gasteiger partial charge in [0.2, 0.25) is 0 Å². The van der Waals surface area contributed by atoms with E-state index >= 15 is 0 Å². The summed E-state index contributed by atoms with van der Waals surface area (Å²) in [6.45, 7) is 4.53. The van der Waals surface area contributed by atoms with Gasteiger partial charge in [-0.15, -0.1) is 0 Å². The van der Waals surface area contributed by atoms with Gasteiger partial charge in [0, 0.05) is 25.5 Å². The molecule has 0 saturated carbocycles. The van der Waals surface area contributed by atoms with Crippen LogP contribution in [0, 0.1) is 6.92 Å². The van der Waals surface area contributed by atoms with Crippen molar-refractivity contribution in [2.45, 2.75) is 32.4 Å². The van der Waals surface area contributed by atoms with Gasteiger partial charge in [0.25, 0.3) is 17.4 Å². The summed E-state index contributed by atoms with van der Waals surface area (Å²) in [5.41, 5.74) is 0.0156. The Labute approximate surface area is 140 Å². The summed E-state index contributed by atoms with van der Waals surface area (Å²) in [4.78, 5) is 24.8. The second kappa shape index (κ2) is 6.35. The molecular formula is C17H20N4O3. The molecule has 7 nitrogen and oxygen atoms in total. The highest BCUT2D eigenvalue weighted by atomic mass is 16.5. The van der Waals surface area contributed by atoms with Gasteiger partial charge >= 0.3 is 0 Å². The maximum Gasteiger partial charge on any atom is 0.278 e. The number of hydrogen-bond donors (Lipinski definition) is 2. The first-order valence-corrected chi connectivity index (χ1v) is 7.86. The SMILES string of the molecule is Cc1ccc2c(c1)NC(=O)C(C)(C(=O)NCCCn1cccn1)O2. The third-order valence-electron chi connectivity index (χ3n) is 3.97. The number of nitrogens with zero attached hydrogens (tertiary/aromatic N) is 2. The van der Waals surface area contributed by atoms with E-state index in [2.05, 4.69) is 15.7 Å². The Hall–Kier alpha value is -2.83. The maximum absolute atomic E-state index is 12.4. The number of fused-ring (bicyclic) bond motifs is 1. The number of ether oxygens (including phenoxy) is 1. The predicted octanol–water partition coefficient (Wildman–Crippen LogP) is 1.49. The number of hydrogen-bond acceptors (Lipinski definition) is 4. The van der Waals surface area contributed by atoms with Crippen molar-refractivity contribution in [3.8, 4) is 5.75 Å². The van der Waals surface area contributed by atoms with E-state index in [1.807, 2.05) is 31.3 Å². The maximum atomic E-state index is 12.4. The van der Waals surface area contributed by atoms with Crippen molar-refractivity contribution in [3.05, 3.63) is 42.2 Å². The Bertz CT molecular complexity index is 757. The fraction of sp³-hybridized carbons (Fsp3) is 0.353. The van der Waals surface area contributed by atoms with Gasteiger partial charge < -0.3 is 15.4 Å². The molecule has 2 aromatic rings. The summed E-state index contributed by atoms with van der Waals surface area (Å²) in [5.74, 6) is -0.425. The van der Waals surface area contributed by atoms with Crippen LogP contribution in [0.25, 0.3) is 0 Å². The summed E-state index contributed by atoms with van der Waals surface area (Å²) in [6, 6.07) is 7.29. The minimum atomic E-state index is -1.58. The first kappa shape index (κ1) is 16.0. The summed E-state index contributed by atoms with van der Waals surface area (Å²) in [7, 11) is 0. The second-order valence-electron chi connectivity index (χ2n) is 5.97. The van der Waals surface area contributed by atoms with E-state index in [0.29, 0.717) is 30.9 Å². The van der Waals surface area contributed by atoms with Crippen LogP contribution in [0.15, 0.2) is 36.7 Å². The topological polar surface area (TPSA) is 85.3 Å². The van der Waals surface area contributed by atoms with E-state index in [9.17, 15) is 9.59 Å². The molecular weight excluding hydrogens is 308 g/mol. The van der Waals surface area contributed by atoms with Crippen LogP contribution < -0.4 is 15.4 Å². The number of rotatable bonds is 5. The number of carbonyl (C=O) groups excluding carboxylic acids is 2. The van der Waals surface area contributed by atoms with Crippen LogP contribution >= 0.6 is 0 Å². The van der Waals surface area contributed by atoms with Crippen molar-refractivity contribution in [2.75, 3.05) is 11.9 Å². The lowest BCUT2D eigenvalue weighted by molar-refractivity contribution is -0.146. The number of carbonyl (C=O) groups is 2. The molecule has 24 heavy (non-hydrogen) atoms. The third kappa shape index (κ3) is 3.10. The first-order chi connectivity index (χ1) is 11.5. The van der Waals surface area contributed by atoms with E-state index < -0.39 is 17.4 Å². The monoisotopic (exact) mass is 328 g/mol. The molecule has 0 bridgehead atoms. The fourth-order valence-corrected chi connectivity index (χ4v) is 2.53. The molecule has 0 radical (unpaired) electrons. The lowest BCUT2D eigenvalue weighted by atomic mass is 10.0. The van der Waals surface area contributed by atoms with Gasteiger partial charge in [-0.3, -0.25) is 14.3 Å². The molecule has 3 rings (SSSR count). The van der Waals surface area contributed by atoms with Gasteiger partial charge in [0.05, 0.1) is 5.69 Å². The van der Waals surface area contributed by atoms with Crippen LogP contribution in [0.2, 0.25) is 0 Å². The van der Waals surface area contributed by atoms with Gasteiger partial charge in [-0.25, -0.2) is 0 Å². The largest absolute Gasteiger partial charge is 0.466 e.